The van der Waals surface area contributed by atoms with E-state index >= 15 is 0 Å². The van der Waals surface area contributed by atoms with Crippen molar-refractivity contribution in [3.8, 4) is 5.75 Å². The summed E-state index contributed by atoms with van der Waals surface area (Å²) in [5, 5.41) is 2.46. The topological polar surface area (TPSA) is 38.3 Å². The number of nitrogens with one attached hydrogen (secondary N) is 1. The molecular formula is C11H16FNO2. The SMILES string of the molecule is CC.COc1ccc(NC(C)=O)cc1F. The van der Waals surface area contributed by atoms with Gasteiger partial charge in [-0.2, -0.15) is 0 Å². The van der Waals surface area contributed by atoms with Crippen LogP contribution in [0, 0.1) is 5.82 Å². The second-order valence-corrected chi connectivity index (χ2v) is 2.53. The van der Waals surface area contributed by atoms with E-state index in [1.807, 2.05) is 13.8 Å². The summed E-state index contributed by atoms with van der Waals surface area (Å²) in [4.78, 5) is 10.6. The molecule has 0 atom stereocenters. The molecule has 1 aromatic carbocycles. The summed E-state index contributed by atoms with van der Waals surface area (Å²) in [6.07, 6.45) is 0. The van der Waals surface area contributed by atoms with E-state index in [1.165, 1.54) is 26.2 Å². The fourth-order valence-electron chi connectivity index (χ4n) is 0.947. The molecule has 3 nitrogen and oxygen atoms in total. The van der Waals surface area contributed by atoms with Crippen LogP contribution in [0.15, 0.2) is 18.2 Å². The lowest BCUT2D eigenvalue weighted by molar-refractivity contribution is -0.114. The zero-order valence-electron chi connectivity index (χ0n) is 9.43. The Bertz CT molecular complexity index is 326. The third-order valence-electron chi connectivity index (χ3n) is 1.47. The highest BCUT2D eigenvalue weighted by Gasteiger charge is 2.03. The predicted octanol–water partition coefficient (Wildman–Crippen LogP) is 2.82. The van der Waals surface area contributed by atoms with Gasteiger partial charge in [0.15, 0.2) is 11.6 Å². The van der Waals surface area contributed by atoms with Crippen molar-refractivity contribution in [2.24, 2.45) is 0 Å². The predicted molar refractivity (Wildman–Crippen MR) is 58.6 cm³/mol. The maximum absolute atomic E-state index is 13.0. The summed E-state index contributed by atoms with van der Waals surface area (Å²) in [6, 6.07) is 4.24. The molecule has 4 heteroatoms. The van der Waals surface area contributed by atoms with Gasteiger partial charge in [-0.05, 0) is 12.1 Å². The number of carbonyl (C=O) groups excluding carboxylic acids is 1. The van der Waals surface area contributed by atoms with Gasteiger partial charge in [0.2, 0.25) is 5.91 Å². The number of ether oxygens (including phenoxy) is 1. The van der Waals surface area contributed by atoms with Gasteiger partial charge in [-0.15, -0.1) is 0 Å². The van der Waals surface area contributed by atoms with E-state index < -0.39 is 5.82 Å². The largest absolute Gasteiger partial charge is 0.494 e. The Morgan fingerprint density at radius 1 is 1.40 bits per heavy atom. The van der Waals surface area contributed by atoms with Crippen molar-refractivity contribution in [3.63, 3.8) is 0 Å². The number of carbonyl (C=O) groups is 1. The van der Waals surface area contributed by atoms with Crippen molar-refractivity contribution < 1.29 is 13.9 Å². The number of halogens is 1. The Labute approximate surface area is 89.3 Å². The molecule has 0 heterocycles. The van der Waals surface area contributed by atoms with Gasteiger partial charge in [0.25, 0.3) is 0 Å². The molecule has 0 saturated heterocycles. The van der Waals surface area contributed by atoms with Crippen molar-refractivity contribution in [1.29, 1.82) is 0 Å². The van der Waals surface area contributed by atoms with Crippen LogP contribution < -0.4 is 10.1 Å². The number of hydrogen-bond acceptors (Lipinski definition) is 2. The first-order valence-corrected chi connectivity index (χ1v) is 4.74. The molecule has 0 aliphatic heterocycles. The molecule has 84 valence electrons. The van der Waals surface area contributed by atoms with Crippen LogP contribution in [0.1, 0.15) is 20.8 Å². The Morgan fingerprint density at radius 3 is 2.40 bits per heavy atom. The first kappa shape index (κ1) is 13.4. The molecule has 15 heavy (non-hydrogen) atoms. The van der Waals surface area contributed by atoms with Gasteiger partial charge < -0.3 is 10.1 Å². The highest BCUT2D eigenvalue weighted by atomic mass is 19.1. The molecule has 1 amide bonds. The molecule has 0 aromatic heterocycles. The lowest BCUT2D eigenvalue weighted by Gasteiger charge is -2.04. The van der Waals surface area contributed by atoms with E-state index in [1.54, 1.807) is 6.07 Å². The minimum absolute atomic E-state index is 0.161. The normalized spacial score (nSPS) is 8.60. The van der Waals surface area contributed by atoms with E-state index in [-0.39, 0.29) is 11.7 Å². The average molecular weight is 213 g/mol. The first-order valence-electron chi connectivity index (χ1n) is 4.74. The number of rotatable bonds is 2. The molecule has 0 bridgehead atoms. The van der Waals surface area contributed by atoms with Gasteiger partial charge in [-0.3, -0.25) is 4.79 Å². The monoisotopic (exact) mass is 213 g/mol. The molecule has 0 aliphatic rings. The number of hydrogen-bond donors (Lipinski definition) is 1. The van der Waals surface area contributed by atoms with Crippen LogP contribution in [0.25, 0.3) is 0 Å². The minimum Gasteiger partial charge on any atom is -0.494 e. The number of anilines is 1. The molecule has 0 fully saturated rings. The van der Waals surface area contributed by atoms with E-state index in [0.717, 1.165) is 0 Å². The quantitative estimate of drug-likeness (QED) is 0.820. The summed E-state index contributed by atoms with van der Waals surface area (Å²) in [6.45, 7) is 5.36. The lowest BCUT2D eigenvalue weighted by atomic mass is 10.3. The molecule has 0 unspecified atom stereocenters. The second-order valence-electron chi connectivity index (χ2n) is 2.53. The molecule has 0 radical (unpaired) electrons. The number of methoxy groups -OCH3 is 1. The summed E-state index contributed by atoms with van der Waals surface area (Å²) < 4.78 is 17.7. The van der Waals surface area contributed by atoms with Gasteiger partial charge in [-0.25, -0.2) is 4.39 Å². The van der Waals surface area contributed by atoms with Crippen LogP contribution in [-0.2, 0) is 4.79 Å². The highest BCUT2D eigenvalue weighted by molar-refractivity contribution is 5.88. The fraction of sp³-hybridized carbons (Fsp3) is 0.364. The Balaban J connectivity index is 0.000000921. The number of benzene rings is 1. The molecule has 0 spiro atoms. The Morgan fingerprint density at radius 2 is 2.00 bits per heavy atom. The van der Waals surface area contributed by atoms with E-state index in [2.05, 4.69) is 5.32 Å². The van der Waals surface area contributed by atoms with Crippen LogP contribution >= 0.6 is 0 Å². The van der Waals surface area contributed by atoms with Gasteiger partial charge in [-0.1, -0.05) is 13.8 Å². The number of amides is 1. The molecule has 1 N–H and O–H groups in total. The van der Waals surface area contributed by atoms with E-state index in [0.29, 0.717) is 5.69 Å². The van der Waals surface area contributed by atoms with Crippen molar-refractivity contribution >= 4 is 11.6 Å². The lowest BCUT2D eigenvalue weighted by Crippen LogP contribution is -2.05. The van der Waals surface area contributed by atoms with Gasteiger partial charge >= 0.3 is 0 Å². The molecular weight excluding hydrogens is 197 g/mol. The van der Waals surface area contributed by atoms with Crippen molar-refractivity contribution in [2.75, 3.05) is 12.4 Å². The Hall–Kier alpha value is -1.58. The maximum atomic E-state index is 13.0. The fourth-order valence-corrected chi connectivity index (χ4v) is 0.947. The third kappa shape index (κ3) is 4.44. The van der Waals surface area contributed by atoms with Gasteiger partial charge in [0, 0.05) is 18.7 Å². The van der Waals surface area contributed by atoms with Crippen molar-refractivity contribution in [3.05, 3.63) is 24.0 Å². The summed E-state index contributed by atoms with van der Waals surface area (Å²) in [7, 11) is 1.39. The van der Waals surface area contributed by atoms with Crippen LogP contribution in [0.5, 0.6) is 5.75 Å². The molecule has 1 aromatic rings. The Kier molecular flexibility index (Phi) is 6.09. The van der Waals surface area contributed by atoms with Crippen molar-refractivity contribution in [2.45, 2.75) is 20.8 Å². The summed E-state index contributed by atoms with van der Waals surface area (Å²) in [5.74, 6) is -0.563. The van der Waals surface area contributed by atoms with E-state index in [9.17, 15) is 9.18 Å². The smallest absolute Gasteiger partial charge is 0.221 e. The van der Waals surface area contributed by atoms with Crippen LogP contribution in [0.2, 0.25) is 0 Å². The second kappa shape index (κ2) is 6.81. The average Bonchev–Trinajstić information content (AvgIpc) is 2.20. The van der Waals surface area contributed by atoms with E-state index in [4.69, 9.17) is 4.74 Å². The van der Waals surface area contributed by atoms with Gasteiger partial charge in [0.05, 0.1) is 7.11 Å². The first-order chi connectivity index (χ1) is 7.13. The van der Waals surface area contributed by atoms with Crippen LogP contribution in [-0.4, -0.2) is 13.0 Å². The van der Waals surface area contributed by atoms with Crippen LogP contribution in [0.3, 0.4) is 0 Å². The summed E-state index contributed by atoms with van der Waals surface area (Å²) >= 11 is 0. The molecule has 0 saturated carbocycles. The zero-order chi connectivity index (χ0) is 11.8. The van der Waals surface area contributed by atoms with Crippen LogP contribution in [0.4, 0.5) is 10.1 Å². The summed E-state index contributed by atoms with van der Waals surface area (Å²) in [5.41, 5.74) is 0.422. The minimum atomic E-state index is -0.492. The highest BCUT2D eigenvalue weighted by Crippen LogP contribution is 2.20. The zero-order valence-corrected chi connectivity index (χ0v) is 9.43. The van der Waals surface area contributed by atoms with Gasteiger partial charge in [0.1, 0.15) is 0 Å². The standard InChI is InChI=1S/C9H10FNO2.C2H6/c1-6(12)11-7-3-4-9(13-2)8(10)5-7;1-2/h3-5H,1-2H3,(H,11,12);1-2H3. The molecule has 1 rings (SSSR count). The van der Waals surface area contributed by atoms with Crippen molar-refractivity contribution in [1.82, 2.24) is 0 Å². The third-order valence-corrected chi connectivity index (χ3v) is 1.47. The maximum Gasteiger partial charge on any atom is 0.221 e. The molecule has 0 aliphatic carbocycles.